The van der Waals surface area contributed by atoms with E-state index in [1.165, 1.54) is 23.1 Å². The van der Waals surface area contributed by atoms with E-state index in [2.05, 4.69) is 9.97 Å². The van der Waals surface area contributed by atoms with Gasteiger partial charge >= 0.3 is 5.91 Å². The van der Waals surface area contributed by atoms with Gasteiger partial charge in [-0.05, 0) is 42.8 Å². The van der Waals surface area contributed by atoms with Gasteiger partial charge in [-0.1, -0.05) is 41.2 Å². The summed E-state index contributed by atoms with van der Waals surface area (Å²) in [6.07, 6.45) is 3.10. The topological polar surface area (TPSA) is 83.4 Å². The number of thiazole rings is 1. The third-order valence-corrected chi connectivity index (χ3v) is 6.35. The second kappa shape index (κ2) is 7.65. The zero-order valence-corrected chi connectivity index (χ0v) is 17.6. The second-order valence-electron chi connectivity index (χ2n) is 7.42. The normalized spacial score (nSPS) is 17.9. The highest BCUT2D eigenvalue weighted by atomic mass is 32.1. The first kappa shape index (κ1) is 20.0. The van der Waals surface area contributed by atoms with E-state index in [0.717, 1.165) is 16.9 Å². The standard InChI is InChI=1S/C24H16FN3O3S/c1-13-2-4-15(5-3-13)21(29)19-20(14-8-10-26-11-9-14)28(23(31)22(19)30)24-27-17-7-6-16(25)12-18(17)32-24/h2-12,20,29H,1H3/b21-19+. The van der Waals surface area contributed by atoms with Crippen LogP contribution in [0.1, 0.15) is 22.7 Å². The van der Waals surface area contributed by atoms with E-state index in [-0.39, 0.29) is 16.5 Å². The van der Waals surface area contributed by atoms with Crippen LogP contribution in [0, 0.1) is 12.7 Å². The van der Waals surface area contributed by atoms with Crippen molar-refractivity contribution in [3.63, 3.8) is 0 Å². The van der Waals surface area contributed by atoms with E-state index in [1.54, 1.807) is 36.7 Å². The lowest BCUT2D eigenvalue weighted by molar-refractivity contribution is -0.132. The number of aliphatic hydroxyl groups is 1. The van der Waals surface area contributed by atoms with Crippen molar-refractivity contribution >= 4 is 44.1 Å². The zero-order valence-electron chi connectivity index (χ0n) is 16.8. The average molecular weight is 445 g/mol. The first-order valence-electron chi connectivity index (χ1n) is 9.78. The highest BCUT2D eigenvalue weighted by Gasteiger charge is 2.48. The van der Waals surface area contributed by atoms with Gasteiger partial charge in [0.05, 0.1) is 21.8 Å². The van der Waals surface area contributed by atoms with Gasteiger partial charge in [0, 0.05) is 18.0 Å². The van der Waals surface area contributed by atoms with Crippen LogP contribution in [-0.4, -0.2) is 26.8 Å². The number of carbonyl (C=O) groups is 2. The van der Waals surface area contributed by atoms with Crippen molar-refractivity contribution in [1.82, 2.24) is 9.97 Å². The van der Waals surface area contributed by atoms with E-state index in [9.17, 15) is 19.1 Å². The second-order valence-corrected chi connectivity index (χ2v) is 8.43. The SMILES string of the molecule is Cc1ccc(/C(O)=C2\C(=O)C(=O)N(c3nc4ccc(F)cc4s3)C2c2ccncc2)cc1. The molecule has 1 unspecified atom stereocenters. The number of aryl methyl sites for hydroxylation is 1. The van der Waals surface area contributed by atoms with Crippen molar-refractivity contribution in [2.75, 3.05) is 4.90 Å². The number of amides is 1. The Balaban J connectivity index is 1.72. The molecule has 1 fully saturated rings. The average Bonchev–Trinajstić information content (AvgIpc) is 3.32. The Hall–Kier alpha value is -3.91. The van der Waals surface area contributed by atoms with Crippen molar-refractivity contribution < 1.29 is 19.1 Å². The molecule has 6 nitrogen and oxygen atoms in total. The quantitative estimate of drug-likeness (QED) is 0.279. The fourth-order valence-electron chi connectivity index (χ4n) is 3.75. The molecule has 0 bridgehead atoms. The molecular weight excluding hydrogens is 429 g/mol. The predicted molar refractivity (Wildman–Crippen MR) is 120 cm³/mol. The molecule has 0 spiro atoms. The van der Waals surface area contributed by atoms with Crippen LogP contribution < -0.4 is 4.90 Å². The van der Waals surface area contributed by atoms with E-state index < -0.39 is 23.5 Å². The zero-order chi connectivity index (χ0) is 22.4. The predicted octanol–water partition coefficient (Wildman–Crippen LogP) is 4.77. The number of carbonyl (C=O) groups excluding carboxylic acids is 2. The Morgan fingerprint density at radius 3 is 2.50 bits per heavy atom. The van der Waals surface area contributed by atoms with Crippen LogP contribution in [0.4, 0.5) is 9.52 Å². The molecule has 0 saturated carbocycles. The third kappa shape index (κ3) is 3.25. The molecule has 2 aromatic carbocycles. The number of benzene rings is 2. The summed E-state index contributed by atoms with van der Waals surface area (Å²) in [5.41, 5.74) is 2.50. The summed E-state index contributed by atoms with van der Waals surface area (Å²) < 4.78 is 14.2. The van der Waals surface area contributed by atoms with Crippen LogP contribution in [-0.2, 0) is 9.59 Å². The minimum absolute atomic E-state index is 0.0320. The molecule has 0 radical (unpaired) electrons. The van der Waals surface area contributed by atoms with Gasteiger partial charge in [0.15, 0.2) is 5.13 Å². The first-order chi connectivity index (χ1) is 15.4. The van der Waals surface area contributed by atoms with Crippen molar-refractivity contribution in [2.45, 2.75) is 13.0 Å². The number of rotatable bonds is 3. The van der Waals surface area contributed by atoms with Crippen LogP contribution in [0.2, 0.25) is 0 Å². The Kier molecular flexibility index (Phi) is 4.79. The summed E-state index contributed by atoms with van der Waals surface area (Å²) in [5.74, 6) is -2.30. The molecule has 4 aromatic rings. The summed E-state index contributed by atoms with van der Waals surface area (Å²) in [6.45, 7) is 1.91. The fraction of sp³-hybridized carbons (Fsp3) is 0.0833. The molecule has 1 atom stereocenters. The Morgan fingerprint density at radius 2 is 1.78 bits per heavy atom. The van der Waals surface area contributed by atoms with Gasteiger partial charge in [0.2, 0.25) is 0 Å². The number of anilines is 1. The van der Waals surface area contributed by atoms with Gasteiger partial charge < -0.3 is 5.11 Å². The Bertz CT molecular complexity index is 1400. The van der Waals surface area contributed by atoms with Gasteiger partial charge in [-0.2, -0.15) is 0 Å². The van der Waals surface area contributed by atoms with E-state index in [4.69, 9.17) is 0 Å². The number of ketones is 1. The maximum absolute atomic E-state index is 13.7. The van der Waals surface area contributed by atoms with Gasteiger partial charge in [-0.25, -0.2) is 9.37 Å². The molecule has 1 aliphatic rings. The lowest BCUT2D eigenvalue weighted by Crippen LogP contribution is -2.29. The Labute approximate surface area is 186 Å². The van der Waals surface area contributed by atoms with Crippen molar-refractivity contribution in [3.05, 3.63) is 95.1 Å². The largest absolute Gasteiger partial charge is 0.507 e. The van der Waals surface area contributed by atoms with Crippen LogP contribution in [0.25, 0.3) is 16.0 Å². The maximum Gasteiger partial charge on any atom is 0.301 e. The van der Waals surface area contributed by atoms with Crippen molar-refractivity contribution in [2.24, 2.45) is 0 Å². The van der Waals surface area contributed by atoms with Gasteiger partial charge in [-0.15, -0.1) is 0 Å². The number of fused-ring (bicyclic) bond motifs is 1. The monoisotopic (exact) mass is 445 g/mol. The van der Waals surface area contributed by atoms with Crippen LogP contribution in [0.5, 0.6) is 0 Å². The number of hydrogen-bond acceptors (Lipinski definition) is 6. The van der Waals surface area contributed by atoms with Crippen LogP contribution in [0.15, 0.2) is 72.6 Å². The number of nitrogens with zero attached hydrogens (tertiary/aromatic N) is 3. The van der Waals surface area contributed by atoms with E-state index in [1.807, 2.05) is 19.1 Å². The van der Waals surface area contributed by atoms with Gasteiger partial charge in [-0.3, -0.25) is 19.5 Å². The first-order valence-corrected chi connectivity index (χ1v) is 10.6. The number of aliphatic hydroxyl groups excluding tert-OH is 1. The molecule has 1 aliphatic heterocycles. The summed E-state index contributed by atoms with van der Waals surface area (Å²) >= 11 is 1.11. The van der Waals surface area contributed by atoms with Crippen LogP contribution in [0.3, 0.4) is 0 Å². The number of halogens is 1. The minimum atomic E-state index is -0.898. The summed E-state index contributed by atoms with van der Waals surface area (Å²) in [5, 5.41) is 11.3. The molecule has 1 N–H and O–H groups in total. The molecule has 3 heterocycles. The molecule has 1 saturated heterocycles. The smallest absolute Gasteiger partial charge is 0.301 e. The summed E-state index contributed by atoms with van der Waals surface area (Å²) in [7, 11) is 0. The maximum atomic E-state index is 13.7. The minimum Gasteiger partial charge on any atom is -0.507 e. The molecule has 0 aliphatic carbocycles. The number of Topliss-reactive ketones (excluding diaryl/α,β-unsaturated/α-hetero) is 1. The Morgan fingerprint density at radius 1 is 1.06 bits per heavy atom. The lowest BCUT2D eigenvalue weighted by Gasteiger charge is -2.22. The van der Waals surface area contributed by atoms with Gasteiger partial charge in [0.25, 0.3) is 5.78 Å². The molecule has 2 aromatic heterocycles. The van der Waals surface area contributed by atoms with E-state index >= 15 is 0 Å². The molecule has 32 heavy (non-hydrogen) atoms. The third-order valence-electron chi connectivity index (χ3n) is 5.34. The summed E-state index contributed by atoms with van der Waals surface area (Å²) in [4.78, 5) is 36.0. The van der Waals surface area contributed by atoms with Crippen molar-refractivity contribution in [3.8, 4) is 0 Å². The van der Waals surface area contributed by atoms with Crippen molar-refractivity contribution in [1.29, 1.82) is 0 Å². The number of pyridine rings is 1. The highest BCUT2D eigenvalue weighted by molar-refractivity contribution is 7.22. The van der Waals surface area contributed by atoms with E-state index in [0.29, 0.717) is 21.3 Å². The summed E-state index contributed by atoms with van der Waals surface area (Å²) in [6, 6.07) is 13.6. The highest BCUT2D eigenvalue weighted by Crippen LogP contribution is 2.44. The lowest BCUT2D eigenvalue weighted by atomic mass is 9.96. The molecular formula is C24H16FN3O3S. The molecule has 158 valence electrons. The fourth-order valence-corrected chi connectivity index (χ4v) is 4.76. The molecule has 8 heteroatoms. The van der Waals surface area contributed by atoms with Gasteiger partial charge in [0.1, 0.15) is 11.6 Å². The number of hydrogen-bond donors (Lipinski definition) is 1. The molecule has 1 amide bonds. The number of aromatic nitrogens is 2. The van der Waals surface area contributed by atoms with Crippen LogP contribution >= 0.6 is 11.3 Å². The molecule has 5 rings (SSSR count).